The van der Waals surface area contributed by atoms with Gasteiger partial charge in [-0.1, -0.05) is 6.07 Å². The molecule has 4 nitrogen and oxygen atoms in total. The number of rotatable bonds is 5. The highest BCUT2D eigenvalue weighted by molar-refractivity contribution is 5.36. The maximum absolute atomic E-state index is 8.81. The van der Waals surface area contributed by atoms with Crippen LogP contribution in [0.25, 0.3) is 0 Å². The van der Waals surface area contributed by atoms with Crippen LogP contribution in [0.3, 0.4) is 0 Å². The molecular weight excluding hydrogens is 240 g/mol. The number of ether oxygens (including phenoxy) is 2. The molecule has 1 aromatic carbocycles. The molecule has 0 atom stereocenters. The first kappa shape index (κ1) is 13.9. The summed E-state index contributed by atoms with van der Waals surface area (Å²) < 4.78 is 11.0. The average molecular weight is 260 g/mol. The van der Waals surface area contributed by atoms with Crippen LogP contribution in [0.2, 0.25) is 0 Å². The molecule has 1 aliphatic rings. The van der Waals surface area contributed by atoms with Crippen LogP contribution < -0.4 is 4.74 Å². The monoisotopic (exact) mass is 260 g/mol. The smallest absolute Gasteiger partial charge is 0.120 e. The highest BCUT2D eigenvalue weighted by Gasteiger charge is 2.18. The number of piperidine rings is 1. The van der Waals surface area contributed by atoms with Gasteiger partial charge in [-0.25, -0.2) is 0 Å². The predicted octanol–water partition coefficient (Wildman–Crippen LogP) is 2.05. The van der Waals surface area contributed by atoms with Gasteiger partial charge in [-0.3, -0.25) is 4.90 Å². The minimum Gasteiger partial charge on any atom is -0.492 e. The lowest BCUT2D eigenvalue weighted by Gasteiger charge is -2.30. The maximum Gasteiger partial charge on any atom is 0.120 e. The summed E-state index contributed by atoms with van der Waals surface area (Å²) in [5.74, 6) is 0.769. The summed E-state index contributed by atoms with van der Waals surface area (Å²) in [6.45, 7) is 3.72. The first-order valence-electron chi connectivity index (χ1n) is 6.70. The van der Waals surface area contributed by atoms with Crippen molar-refractivity contribution in [3.05, 3.63) is 29.8 Å². The van der Waals surface area contributed by atoms with E-state index in [1.165, 1.54) is 0 Å². The van der Waals surface area contributed by atoms with Crippen LogP contribution in [0.15, 0.2) is 24.3 Å². The number of nitriles is 1. The van der Waals surface area contributed by atoms with Crippen molar-refractivity contribution in [2.24, 2.45) is 0 Å². The molecule has 1 heterocycles. The molecule has 0 radical (unpaired) electrons. The Morgan fingerprint density at radius 3 is 2.84 bits per heavy atom. The molecule has 102 valence electrons. The van der Waals surface area contributed by atoms with Gasteiger partial charge in [-0.05, 0) is 31.0 Å². The third-order valence-corrected chi connectivity index (χ3v) is 3.51. The molecule has 0 aromatic heterocycles. The summed E-state index contributed by atoms with van der Waals surface area (Å²) >= 11 is 0. The quantitative estimate of drug-likeness (QED) is 0.813. The zero-order valence-electron chi connectivity index (χ0n) is 11.3. The van der Waals surface area contributed by atoms with Crippen molar-refractivity contribution in [3.63, 3.8) is 0 Å². The van der Waals surface area contributed by atoms with E-state index in [9.17, 15) is 0 Å². The van der Waals surface area contributed by atoms with Gasteiger partial charge in [0.1, 0.15) is 12.4 Å². The molecule has 0 unspecified atom stereocenters. The van der Waals surface area contributed by atoms with Gasteiger partial charge in [-0.2, -0.15) is 5.26 Å². The van der Waals surface area contributed by atoms with Crippen molar-refractivity contribution in [1.29, 1.82) is 5.26 Å². The molecule has 2 rings (SSSR count). The van der Waals surface area contributed by atoms with Crippen molar-refractivity contribution >= 4 is 0 Å². The lowest BCUT2D eigenvalue weighted by Crippen LogP contribution is -2.38. The summed E-state index contributed by atoms with van der Waals surface area (Å²) in [5.41, 5.74) is 0.637. The molecule has 0 aliphatic carbocycles. The summed E-state index contributed by atoms with van der Waals surface area (Å²) in [6.07, 6.45) is 2.62. The number of benzene rings is 1. The van der Waals surface area contributed by atoms with Gasteiger partial charge >= 0.3 is 0 Å². The summed E-state index contributed by atoms with van der Waals surface area (Å²) in [6, 6.07) is 9.40. The summed E-state index contributed by atoms with van der Waals surface area (Å²) in [5, 5.41) is 8.81. The topological polar surface area (TPSA) is 45.5 Å². The minimum absolute atomic E-state index is 0.421. The standard InChI is InChI=1S/C15H20N2O2/c1-18-14-5-7-17(8-6-14)9-10-19-15-4-2-3-13(11-15)12-16/h2-4,11,14H,5-10H2,1H3. The second-order valence-electron chi connectivity index (χ2n) is 4.76. The zero-order chi connectivity index (χ0) is 13.5. The third-order valence-electron chi connectivity index (χ3n) is 3.51. The summed E-state index contributed by atoms with van der Waals surface area (Å²) in [4.78, 5) is 2.39. The Balaban J connectivity index is 1.70. The minimum atomic E-state index is 0.421. The molecule has 0 N–H and O–H groups in total. The molecule has 0 spiro atoms. The Labute approximate surface area is 114 Å². The van der Waals surface area contributed by atoms with Crippen LogP contribution in [0.4, 0.5) is 0 Å². The molecular formula is C15H20N2O2. The van der Waals surface area contributed by atoms with Crippen molar-refractivity contribution in [2.75, 3.05) is 33.4 Å². The van der Waals surface area contributed by atoms with Gasteiger partial charge in [0.2, 0.25) is 0 Å². The van der Waals surface area contributed by atoms with Gasteiger partial charge in [-0.15, -0.1) is 0 Å². The Kier molecular flexibility index (Phi) is 5.20. The Morgan fingerprint density at radius 2 is 2.16 bits per heavy atom. The van der Waals surface area contributed by atoms with E-state index in [0.29, 0.717) is 18.3 Å². The maximum atomic E-state index is 8.81. The Hall–Kier alpha value is -1.57. The van der Waals surface area contributed by atoms with Crippen molar-refractivity contribution in [2.45, 2.75) is 18.9 Å². The van der Waals surface area contributed by atoms with E-state index in [2.05, 4.69) is 11.0 Å². The van der Waals surface area contributed by atoms with Gasteiger partial charge < -0.3 is 9.47 Å². The van der Waals surface area contributed by atoms with E-state index in [4.69, 9.17) is 14.7 Å². The fraction of sp³-hybridized carbons (Fsp3) is 0.533. The van der Waals surface area contributed by atoms with Crippen LogP contribution in [0, 0.1) is 11.3 Å². The van der Waals surface area contributed by atoms with E-state index in [1.807, 2.05) is 12.1 Å². The van der Waals surface area contributed by atoms with E-state index >= 15 is 0 Å². The highest BCUT2D eigenvalue weighted by Crippen LogP contribution is 2.14. The fourth-order valence-electron chi connectivity index (χ4n) is 2.32. The van der Waals surface area contributed by atoms with E-state index in [-0.39, 0.29) is 0 Å². The van der Waals surface area contributed by atoms with Crippen LogP contribution >= 0.6 is 0 Å². The summed E-state index contributed by atoms with van der Waals surface area (Å²) in [7, 11) is 1.78. The molecule has 1 saturated heterocycles. The second-order valence-corrected chi connectivity index (χ2v) is 4.76. The second kappa shape index (κ2) is 7.13. The van der Waals surface area contributed by atoms with E-state index in [0.717, 1.165) is 38.2 Å². The van der Waals surface area contributed by atoms with Crippen LogP contribution in [-0.4, -0.2) is 44.4 Å². The predicted molar refractivity (Wildman–Crippen MR) is 73.1 cm³/mol. The first-order valence-corrected chi connectivity index (χ1v) is 6.70. The van der Waals surface area contributed by atoms with Crippen LogP contribution in [0.1, 0.15) is 18.4 Å². The average Bonchev–Trinajstić information content (AvgIpc) is 2.48. The molecule has 0 amide bonds. The number of likely N-dealkylation sites (tertiary alicyclic amines) is 1. The van der Waals surface area contributed by atoms with Crippen LogP contribution in [0.5, 0.6) is 5.75 Å². The van der Waals surface area contributed by atoms with Crippen molar-refractivity contribution in [3.8, 4) is 11.8 Å². The van der Waals surface area contributed by atoms with Crippen molar-refractivity contribution in [1.82, 2.24) is 4.90 Å². The van der Waals surface area contributed by atoms with Gasteiger partial charge in [0.25, 0.3) is 0 Å². The number of hydrogen-bond donors (Lipinski definition) is 0. The Morgan fingerprint density at radius 1 is 1.37 bits per heavy atom. The molecule has 19 heavy (non-hydrogen) atoms. The number of methoxy groups -OCH3 is 1. The Bertz CT molecular complexity index is 434. The zero-order valence-corrected chi connectivity index (χ0v) is 11.3. The van der Waals surface area contributed by atoms with Gasteiger partial charge in [0.05, 0.1) is 17.7 Å². The van der Waals surface area contributed by atoms with Crippen molar-refractivity contribution < 1.29 is 9.47 Å². The fourth-order valence-corrected chi connectivity index (χ4v) is 2.32. The molecule has 1 fully saturated rings. The SMILES string of the molecule is COC1CCN(CCOc2cccc(C#N)c2)CC1. The first-order chi connectivity index (χ1) is 9.31. The molecule has 1 aromatic rings. The van der Waals surface area contributed by atoms with E-state index in [1.54, 1.807) is 19.2 Å². The molecule has 0 saturated carbocycles. The normalized spacial score (nSPS) is 17.1. The molecule has 4 heteroatoms. The lowest BCUT2D eigenvalue weighted by atomic mass is 10.1. The molecule has 1 aliphatic heterocycles. The van der Waals surface area contributed by atoms with Gasteiger partial charge in [0, 0.05) is 26.7 Å². The highest BCUT2D eigenvalue weighted by atomic mass is 16.5. The van der Waals surface area contributed by atoms with Crippen LogP contribution in [-0.2, 0) is 4.74 Å². The third kappa shape index (κ3) is 4.23. The van der Waals surface area contributed by atoms with E-state index < -0.39 is 0 Å². The largest absolute Gasteiger partial charge is 0.492 e. The molecule has 0 bridgehead atoms. The number of nitrogens with zero attached hydrogens (tertiary/aromatic N) is 2. The lowest BCUT2D eigenvalue weighted by molar-refractivity contribution is 0.0375. The number of hydrogen-bond acceptors (Lipinski definition) is 4. The van der Waals surface area contributed by atoms with Gasteiger partial charge in [0.15, 0.2) is 0 Å².